The fourth-order valence-electron chi connectivity index (χ4n) is 3.87. The maximum atomic E-state index is 13.4. The Labute approximate surface area is 199 Å². The molecule has 2 aromatic heterocycles. The van der Waals surface area contributed by atoms with Crippen LogP contribution >= 0.6 is 0 Å². The molecular weight excluding hydrogens is 450 g/mol. The normalized spacial score (nSPS) is 12.4. The molecule has 0 saturated carbocycles. The van der Waals surface area contributed by atoms with Crippen molar-refractivity contribution in [2.45, 2.75) is 26.3 Å². The monoisotopic (exact) mass is 477 g/mol. The molecule has 0 saturated heterocycles. The maximum absolute atomic E-state index is 13.4. The fraction of sp³-hybridized carbons (Fsp3) is 0.240. The Morgan fingerprint density at radius 2 is 1.82 bits per heavy atom. The molecule has 176 valence electrons. The Kier molecular flexibility index (Phi) is 6.65. The number of nitrogens with one attached hydrogen (secondary N) is 2. The van der Waals surface area contributed by atoms with Crippen molar-refractivity contribution in [1.82, 2.24) is 19.9 Å². The number of carbonyl (C=O) groups is 1. The molecule has 4 rings (SSSR count). The predicted molar refractivity (Wildman–Crippen MR) is 134 cm³/mol. The van der Waals surface area contributed by atoms with Crippen LogP contribution in [0, 0.1) is 0 Å². The summed E-state index contributed by atoms with van der Waals surface area (Å²) in [5.41, 5.74) is 3.57. The lowest BCUT2D eigenvalue weighted by atomic mass is 10.1. The Morgan fingerprint density at radius 1 is 1.09 bits per heavy atom. The van der Waals surface area contributed by atoms with Crippen LogP contribution in [-0.2, 0) is 23.5 Å². The van der Waals surface area contributed by atoms with Crippen LogP contribution in [0.5, 0.6) is 0 Å². The van der Waals surface area contributed by atoms with Gasteiger partial charge in [0.05, 0.1) is 28.0 Å². The van der Waals surface area contributed by atoms with Gasteiger partial charge in [-0.3, -0.25) is 14.5 Å². The Bertz CT molecular complexity index is 1420. The van der Waals surface area contributed by atoms with Gasteiger partial charge in [-0.05, 0) is 38.1 Å². The van der Waals surface area contributed by atoms with Crippen molar-refractivity contribution in [2.75, 3.05) is 10.5 Å². The third-order valence-electron chi connectivity index (χ3n) is 5.52. The molecule has 2 N–H and O–H groups in total. The minimum atomic E-state index is -3.53. The number of rotatable bonds is 8. The Hall–Kier alpha value is -3.72. The molecule has 4 aromatic rings. The molecule has 0 aliphatic carbocycles. The van der Waals surface area contributed by atoms with Gasteiger partial charge in [-0.15, -0.1) is 0 Å². The average Bonchev–Trinajstić information content (AvgIpc) is 3.15. The molecule has 8 nitrogen and oxygen atoms in total. The van der Waals surface area contributed by atoms with E-state index in [1.54, 1.807) is 25.3 Å². The van der Waals surface area contributed by atoms with E-state index in [1.165, 1.54) is 0 Å². The van der Waals surface area contributed by atoms with Gasteiger partial charge < -0.3 is 9.88 Å². The number of carbonyl (C=O) groups excluding carboxylic acids is 1. The number of benzene rings is 2. The summed E-state index contributed by atoms with van der Waals surface area (Å²) in [6.07, 6.45) is 2.29. The standard InChI is InChI=1S/C25H27N5O3S/c1-4-34(32,33)29-20-15-21(25(31)27-17(2)14-19-12-8-9-13-26-19)23-22(16-20)28-24(30(23)3)18-10-6-5-7-11-18/h5-13,15-17,29H,4,14H2,1-3H3,(H,27,31)/t17-/m0/s1. The van der Waals surface area contributed by atoms with Gasteiger partial charge in [0.1, 0.15) is 5.82 Å². The number of hydrogen-bond donors (Lipinski definition) is 2. The summed E-state index contributed by atoms with van der Waals surface area (Å²) in [6.45, 7) is 3.47. The number of imidazole rings is 1. The SMILES string of the molecule is CCS(=O)(=O)Nc1cc(C(=O)N[C@@H](C)Cc2ccccn2)c2c(c1)nc(-c1ccccc1)n2C. The lowest BCUT2D eigenvalue weighted by Gasteiger charge is -2.16. The van der Waals surface area contributed by atoms with Crippen LogP contribution in [-0.4, -0.2) is 40.7 Å². The molecule has 0 aliphatic heterocycles. The van der Waals surface area contributed by atoms with Crippen molar-refractivity contribution in [3.05, 3.63) is 78.1 Å². The quantitative estimate of drug-likeness (QED) is 0.402. The van der Waals surface area contributed by atoms with E-state index in [2.05, 4.69) is 15.0 Å². The zero-order valence-corrected chi connectivity index (χ0v) is 20.1. The van der Waals surface area contributed by atoms with E-state index < -0.39 is 10.0 Å². The summed E-state index contributed by atoms with van der Waals surface area (Å²) in [4.78, 5) is 22.4. The van der Waals surface area contributed by atoms with E-state index in [-0.39, 0.29) is 17.7 Å². The molecule has 0 unspecified atom stereocenters. The Balaban J connectivity index is 1.76. The van der Waals surface area contributed by atoms with Crippen molar-refractivity contribution in [3.8, 4) is 11.4 Å². The first-order valence-corrected chi connectivity index (χ1v) is 12.7. The number of fused-ring (bicyclic) bond motifs is 1. The topological polar surface area (TPSA) is 106 Å². The first kappa shape index (κ1) is 23.4. The molecule has 1 amide bonds. The molecule has 0 radical (unpaired) electrons. The second-order valence-corrected chi connectivity index (χ2v) is 10.2. The number of aromatic nitrogens is 3. The maximum Gasteiger partial charge on any atom is 0.253 e. The molecule has 0 aliphatic rings. The highest BCUT2D eigenvalue weighted by Gasteiger charge is 2.21. The zero-order valence-electron chi connectivity index (χ0n) is 19.3. The van der Waals surface area contributed by atoms with Crippen LogP contribution in [0.2, 0.25) is 0 Å². The minimum absolute atomic E-state index is 0.0782. The van der Waals surface area contributed by atoms with Gasteiger partial charge in [0.2, 0.25) is 10.0 Å². The van der Waals surface area contributed by atoms with Crippen LogP contribution < -0.4 is 10.0 Å². The smallest absolute Gasteiger partial charge is 0.253 e. The van der Waals surface area contributed by atoms with Crippen LogP contribution in [0.15, 0.2) is 66.9 Å². The van der Waals surface area contributed by atoms with Gasteiger partial charge >= 0.3 is 0 Å². The zero-order chi connectivity index (χ0) is 24.3. The average molecular weight is 478 g/mol. The number of aryl methyl sites for hydroxylation is 1. The third kappa shape index (κ3) is 5.09. The number of amides is 1. The van der Waals surface area contributed by atoms with Crippen molar-refractivity contribution in [1.29, 1.82) is 0 Å². The second-order valence-electron chi connectivity index (χ2n) is 8.16. The Morgan fingerprint density at radius 3 is 2.50 bits per heavy atom. The van der Waals surface area contributed by atoms with Crippen molar-refractivity contribution < 1.29 is 13.2 Å². The van der Waals surface area contributed by atoms with E-state index in [4.69, 9.17) is 4.98 Å². The molecular formula is C25H27N5O3S. The van der Waals surface area contributed by atoms with Crippen molar-refractivity contribution >= 4 is 32.7 Å². The number of hydrogen-bond acceptors (Lipinski definition) is 5. The van der Waals surface area contributed by atoms with Gasteiger partial charge in [0, 0.05) is 37.0 Å². The van der Waals surface area contributed by atoms with Crippen LogP contribution in [0.3, 0.4) is 0 Å². The van der Waals surface area contributed by atoms with Crippen LogP contribution in [0.1, 0.15) is 29.9 Å². The lowest BCUT2D eigenvalue weighted by Crippen LogP contribution is -2.34. The summed E-state index contributed by atoms with van der Waals surface area (Å²) in [7, 11) is -1.68. The molecule has 2 aromatic carbocycles. The summed E-state index contributed by atoms with van der Waals surface area (Å²) >= 11 is 0. The highest BCUT2D eigenvalue weighted by Crippen LogP contribution is 2.29. The first-order chi connectivity index (χ1) is 16.3. The fourth-order valence-corrected chi connectivity index (χ4v) is 4.49. The summed E-state index contributed by atoms with van der Waals surface area (Å²) < 4.78 is 28.8. The molecule has 0 fully saturated rings. The third-order valence-corrected chi connectivity index (χ3v) is 6.83. The lowest BCUT2D eigenvalue weighted by molar-refractivity contribution is 0.0941. The highest BCUT2D eigenvalue weighted by atomic mass is 32.2. The molecule has 34 heavy (non-hydrogen) atoms. The van der Waals surface area contributed by atoms with E-state index in [9.17, 15) is 13.2 Å². The van der Waals surface area contributed by atoms with E-state index in [1.807, 2.05) is 67.1 Å². The van der Waals surface area contributed by atoms with Gasteiger partial charge in [-0.2, -0.15) is 0 Å². The number of pyridine rings is 1. The summed E-state index contributed by atoms with van der Waals surface area (Å²) in [5, 5.41) is 3.02. The summed E-state index contributed by atoms with van der Waals surface area (Å²) in [5.74, 6) is 0.292. The van der Waals surface area contributed by atoms with E-state index in [0.29, 0.717) is 34.5 Å². The molecule has 0 spiro atoms. The largest absolute Gasteiger partial charge is 0.349 e. The predicted octanol–water partition coefficient (Wildman–Crippen LogP) is 3.76. The molecule has 9 heteroatoms. The second kappa shape index (κ2) is 9.64. The van der Waals surface area contributed by atoms with E-state index in [0.717, 1.165) is 11.3 Å². The molecule has 2 heterocycles. The number of nitrogens with zero attached hydrogens (tertiary/aromatic N) is 3. The molecule has 1 atom stereocenters. The van der Waals surface area contributed by atoms with Gasteiger partial charge in [-0.1, -0.05) is 36.4 Å². The molecule has 0 bridgehead atoms. The minimum Gasteiger partial charge on any atom is -0.349 e. The van der Waals surface area contributed by atoms with Gasteiger partial charge in [0.25, 0.3) is 5.91 Å². The highest BCUT2D eigenvalue weighted by molar-refractivity contribution is 7.92. The van der Waals surface area contributed by atoms with Crippen LogP contribution in [0.4, 0.5) is 5.69 Å². The first-order valence-electron chi connectivity index (χ1n) is 11.0. The van der Waals surface area contributed by atoms with E-state index >= 15 is 0 Å². The van der Waals surface area contributed by atoms with Crippen molar-refractivity contribution in [2.24, 2.45) is 7.05 Å². The van der Waals surface area contributed by atoms with Gasteiger partial charge in [0.15, 0.2) is 0 Å². The van der Waals surface area contributed by atoms with Crippen molar-refractivity contribution in [3.63, 3.8) is 0 Å². The number of anilines is 1. The summed E-state index contributed by atoms with van der Waals surface area (Å²) in [6, 6.07) is 18.3. The number of sulfonamides is 1. The van der Waals surface area contributed by atoms with Crippen LogP contribution in [0.25, 0.3) is 22.4 Å². The van der Waals surface area contributed by atoms with Gasteiger partial charge in [-0.25, -0.2) is 13.4 Å².